The lowest BCUT2D eigenvalue weighted by atomic mass is 10.1. The fraction of sp³-hybridized carbons (Fsp3) is 0.100. The highest BCUT2D eigenvalue weighted by Gasteiger charge is 2.15. The predicted molar refractivity (Wildman–Crippen MR) is 101 cm³/mol. The maximum absolute atomic E-state index is 12.4. The van der Waals surface area contributed by atoms with Crippen LogP contribution in [0.1, 0.15) is 21.6 Å². The summed E-state index contributed by atoms with van der Waals surface area (Å²) in [5.41, 5.74) is 1.95. The zero-order valence-corrected chi connectivity index (χ0v) is 14.6. The average Bonchev–Trinajstić information content (AvgIpc) is 2.67. The molecule has 0 spiro atoms. The molecule has 27 heavy (non-hydrogen) atoms. The lowest BCUT2D eigenvalue weighted by molar-refractivity contribution is -0.385. The normalized spacial score (nSPS) is 10.3. The Morgan fingerprint density at radius 3 is 2.74 bits per heavy atom. The van der Waals surface area contributed by atoms with Gasteiger partial charge in [0.25, 0.3) is 11.6 Å². The van der Waals surface area contributed by atoms with Gasteiger partial charge in [0.1, 0.15) is 12.4 Å². The van der Waals surface area contributed by atoms with Crippen LogP contribution < -0.4 is 10.1 Å². The molecule has 1 amide bonds. The van der Waals surface area contributed by atoms with Crippen LogP contribution in [0.2, 0.25) is 0 Å². The molecule has 0 saturated carbocycles. The summed E-state index contributed by atoms with van der Waals surface area (Å²) in [6.07, 6.45) is 1.69. The Morgan fingerprint density at radius 2 is 2.00 bits per heavy atom. The molecule has 136 valence electrons. The molecule has 0 bridgehead atoms. The van der Waals surface area contributed by atoms with E-state index in [9.17, 15) is 14.9 Å². The lowest BCUT2D eigenvalue weighted by Crippen LogP contribution is -2.12. The van der Waals surface area contributed by atoms with Crippen molar-refractivity contribution in [2.24, 2.45) is 0 Å². The summed E-state index contributed by atoms with van der Waals surface area (Å²) in [5, 5.41) is 13.8. The van der Waals surface area contributed by atoms with Gasteiger partial charge in [-0.2, -0.15) is 0 Å². The van der Waals surface area contributed by atoms with Crippen molar-refractivity contribution in [3.05, 3.63) is 93.8 Å². The van der Waals surface area contributed by atoms with E-state index in [4.69, 9.17) is 4.74 Å². The van der Waals surface area contributed by atoms with Gasteiger partial charge in [-0.15, -0.1) is 0 Å². The summed E-state index contributed by atoms with van der Waals surface area (Å²) in [7, 11) is 0. The molecule has 3 rings (SSSR count). The van der Waals surface area contributed by atoms with Gasteiger partial charge in [-0.1, -0.05) is 18.2 Å². The average molecular weight is 363 g/mol. The highest BCUT2D eigenvalue weighted by Crippen LogP contribution is 2.22. The Kier molecular flexibility index (Phi) is 5.41. The molecular weight excluding hydrogens is 346 g/mol. The van der Waals surface area contributed by atoms with E-state index in [1.165, 1.54) is 6.07 Å². The number of amides is 1. The number of hydrogen-bond donors (Lipinski definition) is 1. The number of nitrogens with zero attached hydrogens (tertiary/aromatic N) is 2. The number of nitro benzene ring substituents is 1. The first-order valence-electron chi connectivity index (χ1n) is 8.22. The maximum atomic E-state index is 12.4. The molecular formula is C20H17N3O4. The quantitative estimate of drug-likeness (QED) is 0.525. The first kappa shape index (κ1) is 18.1. The van der Waals surface area contributed by atoms with Crippen molar-refractivity contribution < 1.29 is 14.5 Å². The second kappa shape index (κ2) is 8.09. The van der Waals surface area contributed by atoms with Crippen molar-refractivity contribution in [3.8, 4) is 5.75 Å². The zero-order valence-electron chi connectivity index (χ0n) is 14.6. The molecule has 0 radical (unpaired) electrons. The summed E-state index contributed by atoms with van der Waals surface area (Å²) in [4.78, 5) is 27.1. The number of benzene rings is 2. The van der Waals surface area contributed by atoms with Gasteiger partial charge >= 0.3 is 0 Å². The molecule has 0 aliphatic carbocycles. The predicted octanol–water partition coefficient (Wildman–Crippen LogP) is 4.13. The molecule has 0 fully saturated rings. The highest BCUT2D eigenvalue weighted by atomic mass is 16.6. The summed E-state index contributed by atoms with van der Waals surface area (Å²) in [6, 6.07) is 16.9. The molecule has 0 aliphatic heterocycles. The standard InChI is InChI=1S/C20H17N3O4/c1-14-8-9-15(11-19(14)23(25)26)20(24)22-16-6-4-7-18(12-16)27-13-17-5-2-3-10-21-17/h2-12H,13H2,1H3,(H,22,24). The minimum atomic E-state index is -0.502. The van der Waals surface area contributed by atoms with Crippen molar-refractivity contribution in [3.63, 3.8) is 0 Å². The Hall–Kier alpha value is -3.74. The van der Waals surface area contributed by atoms with E-state index in [1.807, 2.05) is 18.2 Å². The molecule has 1 aromatic heterocycles. The van der Waals surface area contributed by atoms with Crippen LogP contribution in [0, 0.1) is 17.0 Å². The number of nitro groups is 1. The van der Waals surface area contributed by atoms with Gasteiger partial charge in [0.15, 0.2) is 0 Å². The van der Waals surface area contributed by atoms with Crippen molar-refractivity contribution in [1.82, 2.24) is 4.98 Å². The number of nitrogens with one attached hydrogen (secondary N) is 1. The van der Waals surface area contributed by atoms with Crippen LogP contribution in [0.25, 0.3) is 0 Å². The Balaban J connectivity index is 1.69. The summed E-state index contributed by atoms with van der Waals surface area (Å²) < 4.78 is 5.68. The molecule has 7 nitrogen and oxygen atoms in total. The Bertz CT molecular complexity index is 974. The monoisotopic (exact) mass is 363 g/mol. The zero-order chi connectivity index (χ0) is 19.2. The largest absolute Gasteiger partial charge is 0.487 e. The molecule has 0 saturated heterocycles. The van der Waals surface area contributed by atoms with Gasteiger partial charge < -0.3 is 10.1 Å². The molecule has 0 unspecified atom stereocenters. The number of aryl methyl sites for hydroxylation is 1. The summed E-state index contributed by atoms with van der Waals surface area (Å²) in [6.45, 7) is 1.94. The van der Waals surface area contributed by atoms with Gasteiger partial charge in [0, 0.05) is 35.1 Å². The fourth-order valence-corrected chi connectivity index (χ4v) is 2.46. The topological polar surface area (TPSA) is 94.4 Å². The van der Waals surface area contributed by atoms with Crippen LogP contribution in [-0.4, -0.2) is 15.8 Å². The van der Waals surface area contributed by atoms with Crippen LogP contribution in [0.5, 0.6) is 5.75 Å². The Labute approximate surface area is 155 Å². The van der Waals surface area contributed by atoms with Crippen molar-refractivity contribution in [2.75, 3.05) is 5.32 Å². The first-order chi connectivity index (χ1) is 13.0. The number of rotatable bonds is 6. The SMILES string of the molecule is Cc1ccc(C(=O)Nc2cccc(OCc3ccccn3)c2)cc1[N+](=O)[O-]. The molecule has 7 heteroatoms. The number of ether oxygens (including phenoxy) is 1. The number of anilines is 1. The molecule has 3 aromatic rings. The van der Waals surface area contributed by atoms with Crippen molar-refractivity contribution >= 4 is 17.3 Å². The van der Waals surface area contributed by atoms with Gasteiger partial charge in [-0.05, 0) is 37.3 Å². The van der Waals surface area contributed by atoms with Gasteiger partial charge in [-0.25, -0.2) is 0 Å². The summed E-state index contributed by atoms with van der Waals surface area (Å²) in [5.74, 6) is 0.147. The van der Waals surface area contributed by atoms with E-state index in [1.54, 1.807) is 49.5 Å². The smallest absolute Gasteiger partial charge is 0.273 e. The van der Waals surface area contributed by atoms with Crippen LogP contribution in [0.4, 0.5) is 11.4 Å². The van der Waals surface area contributed by atoms with Gasteiger partial charge in [0.2, 0.25) is 0 Å². The van der Waals surface area contributed by atoms with Gasteiger partial charge in [-0.3, -0.25) is 19.9 Å². The van der Waals surface area contributed by atoms with Crippen LogP contribution in [-0.2, 0) is 6.61 Å². The first-order valence-corrected chi connectivity index (χ1v) is 8.22. The van der Waals surface area contributed by atoms with E-state index in [0.29, 0.717) is 23.6 Å². The number of carbonyl (C=O) groups excluding carboxylic acids is 1. The van der Waals surface area contributed by atoms with Crippen molar-refractivity contribution in [2.45, 2.75) is 13.5 Å². The van der Waals surface area contributed by atoms with E-state index in [0.717, 1.165) is 5.69 Å². The van der Waals surface area contributed by atoms with Crippen LogP contribution >= 0.6 is 0 Å². The van der Waals surface area contributed by atoms with Crippen molar-refractivity contribution in [1.29, 1.82) is 0 Å². The molecule has 1 N–H and O–H groups in total. The second-order valence-corrected chi connectivity index (χ2v) is 5.85. The molecule has 2 aromatic carbocycles. The fourth-order valence-electron chi connectivity index (χ4n) is 2.46. The number of carbonyl (C=O) groups is 1. The minimum absolute atomic E-state index is 0.0879. The third kappa shape index (κ3) is 4.66. The Morgan fingerprint density at radius 1 is 1.15 bits per heavy atom. The van der Waals surface area contributed by atoms with Crippen LogP contribution in [0.3, 0.4) is 0 Å². The minimum Gasteiger partial charge on any atom is -0.487 e. The summed E-state index contributed by atoms with van der Waals surface area (Å²) >= 11 is 0. The van der Waals surface area contributed by atoms with Gasteiger partial charge in [0.05, 0.1) is 10.6 Å². The van der Waals surface area contributed by atoms with E-state index >= 15 is 0 Å². The molecule has 0 aliphatic rings. The van der Waals surface area contributed by atoms with Crippen LogP contribution in [0.15, 0.2) is 66.9 Å². The number of aromatic nitrogens is 1. The van der Waals surface area contributed by atoms with E-state index in [2.05, 4.69) is 10.3 Å². The maximum Gasteiger partial charge on any atom is 0.273 e. The lowest BCUT2D eigenvalue weighted by Gasteiger charge is -2.09. The third-order valence-electron chi connectivity index (χ3n) is 3.87. The molecule has 1 heterocycles. The van der Waals surface area contributed by atoms with E-state index in [-0.39, 0.29) is 11.3 Å². The second-order valence-electron chi connectivity index (χ2n) is 5.85. The molecule has 0 atom stereocenters. The third-order valence-corrected chi connectivity index (χ3v) is 3.87. The number of pyridine rings is 1. The highest BCUT2D eigenvalue weighted by molar-refractivity contribution is 6.04. The van der Waals surface area contributed by atoms with E-state index < -0.39 is 10.8 Å². The number of hydrogen-bond acceptors (Lipinski definition) is 5.